The standard InChI is InChI=1S/C13H18BrClN2OS/c14-8-6-12(19-13(8)15)10(7-16)17-4-5-18-11-3-1-2-9(11)17/h6,9-11H,1-5,7,16H2. The number of hydrogen-bond acceptors (Lipinski definition) is 4. The highest BCUT2D eigenvalue weighted by atomic mass is 79.9. The van der Waals surface area contributed by atoms with E-state index in [0.29, 0.717) is 18.7 Å². The van der Waals surface area contributed by atoms with Crippen LogP contribution in [0.15, 0.2) is 10.5 Å². The minimum absolute atomic E-state index is 0.267. The van der Waals surface area contributed by atoms with Crippen molar-refractivity contribution in [2.75, 3.05) is 19.7 Å². The molecule has 3 atom stereocenters. The highest BCUT2D eigenvalue weighted by Crippen LogP contribution is 2.40. The summed E-state index contributed by atoms with van der Waals surface area (Å²) in [5.74, 6) is 0. The van der Waals surface area contributed by atoms with Gasteiger partial charge in [0.1, 0.15) is 4.34 Å². The lowest BCUT2D eigenvalue weighted by Crippen LogP contribution is -2.51. The summed E-state index contributed by atoms with van der Waals surface area (Å²) in [5.41, 5.74) is 6.04. The number of nitrogens with two attached hydrogens (primary N) is 1. The molecule has 1 aromatic rings. The van der Waals surface area contributed by atoms with E-state index in [9.17, 15) is 0 Å². The van der Waals surface area contributed by atoms with E-state index in [1.807, 2.05) is 0 Å². The van der Waals surface area contributed by atoms with Gasteiger partial charge in [-0.25, -0.2) is 0 Å². The number of thiophene rings is 1. The molecule has 1 saturated heterocycles. The fourth-order valence-corrected chi connectivity index (χ4v) is 5.16. The molecule has 0 aromatic carbocycles. The molecule has 2 aliphatic rings. The van der Waals surface area contributed by atoms with Crippen molar-refractivity contribution < 1.29 is 4.74 Å². The first kappa shape index (κ1) is 14.3. The number of morpholine rings is 1. The summed E-state index contributed by atoms with van der Waals surface area (Å²) in [6, 6.07) is 2.91. The molecule has 3 rings (SSSR count). The maximum Gasteiger partial charge on any atom is 0.107 e. The van der Waals surface area contributed by atoms with Gasteiger partial charge < -0.3 is 10.5 Å². The Hall–Kier alpha value is 0.350. The fourth-order valence-electron chi connectivity index (χ4n) is 3.29. The predicted octanol–water partition coefficient (Wildman–Crippen LogP) is 3.42. The molecule has 3 nitrogen and oxygen atoms in total. The van der Waals surface area contributed by atoms with Crippen LogP contribution in [-0.4, -0.2) is 36.7 Å². The Morgan fingerprint density at radius 1 is 1.58 bits per heavy atom. The summed E-state index contributed by atoms with van der Waals surface area (Å²) >= 11 is 11.3. The molecule has 0 amide bonds. The third-order valence-corrected chi connectivity index (χ3v) is 6.72. The van der Waals surface area contributed by atoms with Gasteiger partial charge in [0.25, 0.3) is 0 Å². The lowest BCUT2D eigenvalue weighted by molar-refractivity contribution is -0.0706. The van der Waals surface area contributed by atoms with Gasteiger partial charge in [-0.1, -0.05) is 11.6 Å². The Kier molecular flexibility index (Phi) is 4.51. The Morgan fingerprint density at radius 3 is 3.11 bits per heavy atom. The molecule has 19 heavy (non-hydrogen) atoms. The molecule has 3 unspecified atom stereocenters. The Bertz CT molecular complexity index is 436. The van der Waals surface area contributed by atoms with Gasteiger partial charge in [0.2, 0.25) is 0 Å². The van der Waals surface area contributed by atoms with E-state index in [-0.39, 0.29) is 6.04 Å². The van der Waals surface area contributed by atoms with Gasteiger partial charge in [-0.15, -0.1) is 11.3 Å². The Balaban J connectivity index is 1.84. The van der Waals surface area contributed by atoms with Crippen LogP contribution in [0.4, 0.5) is 0 Å². The van der Waals surface area contributed by atoms with Gasteiger partial charge in [0, 0.05) is 28.5 Å². The zero-order valence-electron chi connectivity index (χ0n) is 10.6. The molecular weight excluding hydrogens is 348 g/mol. The van der Waals surface area contributed by atoms with Crippen molar-refractivity contribution in [1.29, 1.82) is 0 Å². The largest absolute Gasteiger partial charge is 0.375 e. The van der Waals surface area contributed by atoms with Crippen LogP contribution in [-0.2, 0) is 4.74 Å². The molecule has 2 N–H and O–H groups in total. The van der Waals surface area contributed by atoms with E-state index >= 15 is 0 Å². The molecule has 0 spiro atoms. The predicted molar refractivity (Wildman–Crippen MR) is 82.9 cm³/mol. The van der Waals surface area contributed by atoms with Gasteiger partial charge in [-0.3, -0.25) is 4.90 Å². The van der Waals surface area contributed by atoms with E-state index in [1.165, 1.54) is 24.1 Å². The van der Waals surface area contributed by atoms with E-state index in [0.717, 1.165) is 22.0 Å². The van der Waals surface area contributed by atoms with Gasteiger partial charge in [-0.2, -0.15) is 0 Å². The van der Waals surface area contributed by atoms with Crippen molar-refractivity contribution in [1.82, 2.24) is 4.90 Å². The third-order valence-electron chi connectivity index (χ3n) is 4.14. The minimum atomic E-state index is 0.267. The van der Waals surface area contributed by atoms with Crippen LogP contribution in [0, 0.1) is 0 Å². The second-order valence-electron chi connectivity index (χ2n) is 5.17. The second kappa shape index (κ2) is 6.00. The number of hydrogen-bond donors (Lipinski definition) is 1. The third kappa shape index (κ3) is 2.74. The number of fused-ring (bicyclic) bond motifs is 1. The van der Waals surface area contributed by atoms with Gasteiger partial charge in [0.05, 0.1) is 18.8 Å². The Labute approximate surface area is 131 Å². The molecule has 2 heterocycles. The van der Waals surface area contributed by atoms with E-state index in [4.69, 9.17) is 22.1 Å². The molecule has 106 valence electrons. The minimum Gasteiger partial charge on any atom is -0.375 e. The number of ether oxygens (including phenoxy) is 1. The lowest BCUT2D eigenvalue weighted by atomic mass is 10.1. The zero-order valence-corrected chi connectivity index (χ0v) is 13.8. The topological polar surface area (TPSA) is 38.5 Å². The van der Waals surface area contributed by atoms with Gasteiger partial charge in [-0.05, 0) is 41.3 Å². The van der Waals surface area contributed by atoms with Crippen LogP contribution in [0.2, 0.25) is 4.34 Å². The Morgan fingerprint density at radius 2 is 2.42 bits per heavy atom. The average Bonchev–Trinajstić information content (AvgIpc) is 2.99. The molecule has 6 heteroatoms. The molecule has 0 radical (unpaired) electrons. The van der Waals surface area contributed by atoms with Crippen LogP contribution < -0.4 is 5.73 Å². The molecule has 2 fully saturated rings. The van der Waals surface area contributed by atoms with E-state index < -0.39 is 0 Å². The van der Waals surface area contributed by atoms with Crippen molar-refractivity contribution in [3.63, 3.8) is 0 Å². The molecule has 1 aromatic heterocycles. The molecule has 1 aliphatic carbocycles. The van der Waals surface area contributed by atoms with Crippen LogP contribution in [0.3, 0.4) is 0 Å². The van der Waals surface area contributed by atoms with Crippen LogP contribution >= 0.6 is 38.9 Å². The number of nitrogens with zero attached hydrogens (tertiary/aromatic N) is 1. The van der Waals surface area contributed by atoms with Gasteiger partial charge >= 0.3 is 0 Å². The monoisotopic (exact) mass is 364 g/mol. The van der Waals surface area contributed by atoms with E-state index in [2.05, 4.69) is 26.9 Å². The van der Waals surface area contributed by atoms with Crippen molar-refractivity contribution in [3.8, 4) is 0 Å². The SMILES string of the molecule is NCC(c1cc(Br)c(Cl)s1)N1CCOC2CCCC21. The first-order valence-electron chi connectivity index (χ1n) is 6.73. The average molecular weight is 366 g/mol. The first-order valence-corrected chi connectivity index (χ1v) is 8.71. The van der Waals surface area contributed by atoms with Crippen molar-refractivity contribution in [2.24, 2.45) is 5.73 Å². The molecule has 1 aliphatic heterocycles. The second-order valence-corrected chi connectivity index (χ2v) is 7.71. The first-order chi connectivity index (χ1) is 9.20. The van der Waals surface area contributed by atoms with Crippen LogP contribution in [0.25, 0.3) is 0 Å². The number of halogens is 2. The van der Waals surface area contributed by atoms with Crippen molar-refractivity contribution >= 4 is 38.9 Å². The number of rotatable bonds is 3. The molecule has 0 bridgehead atoms. The summed E-state index contributed by atoms with van der Waals surface area (Å²) in [7, 11) is 0. The summed E-state index contributed by atoms with van der Waals surface area (Å²) in [5, 5.41) is 0. The lowest BCUT2D eigenvalue weighted by Gasteiger charge is -2.42. The zero-order chi connectivity index (χ0) is 13.4. The smallest absolute Gasteiger partial charge is 0.107 e. The normalized spacial score (nSPS) is 29.4. The summed E-state index contributed by atoms with van der Waals surface area (Å²) in [6.45, 7) is 2.42. The highest BCUT2D eigenvalue weighted by molar-refractivity contribution is 9.10. The summed E-state index contributed by atoms with van der Waals surface area (Å²) in [4.78, 5) is 3.79. The van der Waals surface area contributed by atoms with Gasteiger partial charge in [0.15, 0.2) is 0 Å². The fraction of sp³-hybridized carbons (Fsp3) is 0.692. The van der Waals surface area contributed by atoms with Crippen LogP contribution in [0.5, 0.6) is 0 Å². The van der Waals surface area contributed by atoms with Crippen molar-refractivity contribution in [2.45, 2.75) is 37.5 Å². The highest BCUT2D eigenvalue weighted by Gasteiger charge is 2.39. The van der Waals surface area contributed by atoms with Crippen molar-refractivity contribution in [3.05, 3.63) is 19.8 Å². The summed E-state index contributed by atoms with van der Waals surface area (Å²) in [6.07, 6.45) is 4.08. The van der Waals surface area contributed by atoms with Crippen LogP contribution in [0.1, 0.15) is 30.2 Å². The quantitative estimate of drug-likeness (QED) is 0.892. The maximum absolute atomic E-state index is 6.17. The van der Waals surface area contributed by atoms with E-state index in [1.54, 1.807) is 11.3 Å². The molecular formula is C13H18BrClN2OS. The summed E-state index contributed by atoms with van der Waals surface area (Å²) < 4.78 is 7.66. The molecule has 1 saturated carbocycles. The maximum atomic E-state index is 6.17.